The van der Waals surface area contributed by atoms with Gasteiger partial charge in [0.05, 0.1) is 6.61 Å². The monoisotopic (exact) mass is 228 g/mol. The van der Waals surface area contributed by atoms with Crippen molar-refractivity contribution in [3.63, 3.8) is 0 Å². The molecule has 0 N–H and O–H groups in total. The van der Waals surface area contributed by atoms with Gasteiger partial charge in [-0.1, -0.05) is 30.3 Å². The van der Waals surface area contributed by atoms with Crippen molar-refractivity contribution >= 4 is 17.8 Å². The van der Waals surface area contributed by atoms with Gasteiger partial charge in [0, 0.05) is 13.0 Å². The van der Waals surface area contributed by atoms with Gasteiger partial charge in [-0.05, 0) is 12.0 Å². The van der Waals surface area contributed by atoms with Gasteiger partial charge in [0.25, 0.3) is 0 Å². The second-order valence-electron chi connectivity index (χ2n) is 3.09. The number of hydrogen-bond acceptors (Lipinski definition) is 3. The van der Waals surface area contributed by atoms with E-state index in [0.717, 1.165) is 5.56 Å². The van der Waals surface area contributed by atoms with Gasteiger partial charge in [0.2, 0.25) is 0 Å². The van der Waals surface area contributed by atoms with E-state index in [1.54, 1.807) is 0 Å². The minimum Gasteiger partial charge on any atom is -0.377 e. The lowest BCUT2D eigenvalue weighted by Gasteiger charge is -2.02. The molecule has 1 aromatic carbocycles. The predicted molar refractivity (Wildman–Crippen MR) is 57.3 cm³/mol. The van der Waals surface area contributed by atoms with E-state index in [2.05, 4.69) is 4.29 Å². The molecular formula is C11H13ClO3. The fraction of sp³-hybridized carbons (Fsp3) is 0.364. The Kier molecular flexibility index (Phi) is 5.81. The van der Waals surface area contributed by atoms with Crippen LogP contribution in [0.1, 0.15) is 18.4 Å². The molecule has 4 heteroatoms. The fourth-order valence-electron chi connectivity index (χ4n) is 1.12. The first-order valence-corrected chi connectivity index (χ1v) is 5.07. The van der Waals surface area contributed by atoms with Crippen molar-refractivity contribution in [3.8, 4) is 0 Å². The van der Waals surface area contributed by atoms with Crippen molar-refractivity contribution in [3.05, 3.63) is 35.9 Å². The Labute approximate surface area is 94.1 Å². The molecule has 0 aliphatic rings. The van der Waals surface area contributed by atoms with Gasteiger partial charge in [-0.3, -0.25) is 4.79 Å². The van der Waals surface area contributed by atoms with Crippen LogP contribution in [0.15, 0.2) is 30.3 Å². The highest BCUT2D eigenvalue weighted by atomic mass is 35.5. The number of benzene rings is 1. The molecule has 0 amide bonds. The van der Waals surface area contributed by atoms with Crippen molar-refractivity contribution in [2.75, 3.05) is 6.61 Å². The summed E-state index contributed by atoms with van der Waals surface area (Å²) >= 11 is 4.87. The van der Waals surface area contributed by atoms with Crippen LogP contribution in [0.25, 0.3) is 0 Å². The number of carbonyl (C=O) groups is 1. The van der Waals surface area contributed by atoms with Crippen LogP contribution in [0, 0.1) is 0 Å². The van der Waals surface area contributed by atoms with Crippen LogP contribution >= 0.6 is 11.9 Å². The van der Waals surface area contributed by atoms with E-state index >= 15 is 0 Å². The van der Waals surface area contributed by atoms with Crippen LogP contribution in [0.5, 0.6) is 0 Å². The quantitative estimate of drug-likeness (QED) is 0.703. The summed E-state index contributed by atoms with van der Waals surface area (Å²) < 4.78 is 9.36. The Hall–Kier alpha value is -1.06. The zero-order valence-corrected chi connectivity index (χ0v) is 9.07. The summed E-state index contributed by atoms with van der Waals surface area (Å²) in [6.07, 6.45) is 0.913. The van der Waals surface area contributed by atoms with Crippen molar-refractivity contribution in [2.24, 2.45) is 0 Å². The first-order chi connectivity index (χ1) is 7.33. The molecule has 0 heterocycles. The van der Waals surface area contributed by atoms with Crippen molar-refractivity contribution in [1.82, 2.24) is 0 Å². The first-order valence-electron chi connectivity index (χ1n) is 4.76. The molecule has 0 unspecified atom stereocenters. The highest BCUT2D eigenvalue weighted by molar-refractivity contribution is 6.13. The Morgan fingerprint density at radius 3 is 2.67 bits per heavy atom. The lowest BCUT2D eigenvalue weighted by Crippen LogP contribution is -2.01. The molecule has 15 heavy (non-hydrogen) atoms. The Morgan fingerprint density at radius 1 is 1.27 bits per heavy atom. The van der Waals surface area contributed by atoms with E-state index in [0.29, 0.717) is 19.6 Å². The fourth-order valence-corrected chi connectivity index (χ4v) is 1.20. The van der Waals surface area contributed by atoms with Crippen LogP contribution < -0.4 is 0 Å². The lowest BCUT2D eigenvalue weighted by molar-refractivity contribution is -0.134. The second-order valence-corrected chi connectivity index (χ2v) is 3.25. The maximum Gasteiger partial charge on any atom is 0.324 e. The van der Waals surface area contributed by atoms with Gasteiger partial charge >= 0.3 is 5.97 Å². The van der Waals surface area contributed by atoms with Crippen molar-refractivity contribution in [1.29, 1.82) is 0 Å². The maximum atomic E-state index is 10.6. The van der Waals surface area contributed by atoms with Crippen LogP contribution in [0.2, 0.25) is 0 Å². The third kappa shape index (κ3) is 5.40. The summed E-state index contributed by atoms with van der Waals surface area (Å²) in [5.74, 6) is -0.417. The van der Waals surface area contributed by atoms with E-state index in [-0.39, 0.29) is 6.42 Å². The molecule has 0 atom stereocenters. The minimum atomic E-state index is -0.417. The van der Waals surface area contributed by atoms with E-state index in [1.165, 1.54) is 0 Å². The number of carbonyl (C=O) groups excluding carboxylic acids is 1. The normalized spacial score (nSPS) is 9.93. The van der Waals surface area contributed by atoms with Crippen molar-refractivity contribution < 1.29 is 13.8 Å². The van der Waals surface area contributed by atoms with E-state index in [9.17, 15) is 4.79 Å². The van der Waals surface area contributed by atoms with Crippen LogP contribution in [-0.2, 0) is 20.4 Å². The molecule has 1 rings (SSSR count). The van der Waals surface area contributed by atoms with Gasteiger partial charge in [-0.25, -0.2) is 0 Å². The molecule has 82 valence electrons. The van der Waals surface area contributed by atoms with Gasteiger partial charge in [-0.15, -0.1) is 0 Å². The predicted octanol–water partition coefficient (Wildman–Crippen LogP) is 2.68. The summed E-state index contributed by atoms with van der Waals surface area (Å²) in [6, 6.07) is 9.87. The molecule has 0 fully saturated rings. The zero-order valence-electron chi connectivity index (χ0n) is 8.32. The smallest absolute Gasteiger partial charge is 0.324 e. The third-order valence-electron chi connectivity index (χ3n) is 1.87. The first kappa shape index (κ1) is 12.0. The highest BCUT2D eigenvalue weighted by Gasteiger charge is 2.00. The van der Waals surface area contributed by atoms with E-state index < -0.39 is 5.97 Å². The molecule has 3 nitrogen and oxygen atoms in total. The van der Waals surface area contributed by atoms with Gasteiger partial charge in [0.1, 0.15) is 11.9 Å². The summed E-state index contributed by atoms with van der Waals surface area (Å²) in [5, 5.41) is 0. The number of halogens is 1. The van der Waals surface area contributed by atoms with Crippen LogP contribution in [0.3, 0.4) is 0 Å². The standard InChI is InChI=1S/C11H13ClO3/c12-15-11(13)7-4-8-14-9-10-5-2-1-3-6-10/h1-3,5-6H,4,7-9H2. The topological polar surface area (TPSA) is 35.5 Å². The summed E-state index contributed by atoms with van der Waals surface area (Å²) in [7, 11) is 0. The minimum absolute atomic E-state index is 0.290. The van der Waals surface area contributed by atoms with Gasteiger partial charge < -0.3 is 9.03 Å². The lowest BCUT2D eigenvalue weighted by atomic mass is 10.2. The highest BCUT2D eigenvalue weighted by Crippen LogP contribution is 2.02. The molecule has 1 aromatic rings. The average Bonchev–Trinajstić information content (AvgIpc) is 2.29. The number of hydrogen-bond donors (Lipinski definition) is 0. The largest absolute Gasteiger partial charge is 0.377 e. The van der Waals surface area contributed by atoms with Crippen LogP contribution in [0.4, 0.5) is 0 Å². The molecule has 0 spiro atoms. The SMILES string of the molecule is O=C(CCCOCc1ccccc1)OCl. The second kappa shape index (κ2) is 7.26. The molecule has 0 radical (unpaired) electrons. The summed E-state index contributed by atoms with van der Waals surface area (Å²) in [4.78, 5) is 10.6. The Bertz CT molecular complexity index is 287. The molecule has 0 aliphatic heterocycles. The average molecular weight is 229 g/mol. The molecule has 0 aliphatic carbocycles. The number of rotatable bonds is 6. The maximum absolute atomic E-state index is 10.6. The van der Waals surface area contributed by atoms with Gasteiger partial charge in [-0.2, -0.15) is 0 Å². The molecule has 0 saturated heterocycles. The Balaban J connectivity index is 2.05. The number of ether oxygens (including phenoxy) is 1. The molecule has 0 aromatic heterocycles. The summed E-state index contributed by atoms with van der Waals surface area (Å²) in [6.45, 7) is 1.09. The third-order valence-corrected chi connectivity index (χ3v) is 2.04. The van der Waals surface area contributed by atoms with E-state index in [4.69, 9.17) is 16.6 Å². The van der Waals surface area contributed by atoms with Gasteiger partial charge in [0.15, 0.2) is 0 Å². The summed E-state index contributed by atoms with van der Waals surface area (Å²) in [5.41, 5.74) is 1.12. The zero-order chi connectivity index (χ0) is 10.9. The molecule has 0 saturated carbocycles. The Morgan fingerprint density at radius 2 is 2.00 bits per heavy atom. The van der Waals surface area contributed by atoms with Crippen LogP contribution in [-0.4, -0.2) is 12.6 Å². The van der Waals surface area contributed by atoms with E-state index in [1.807, 2.05) is 30.3 Å². The van der Waals surface area contributed by atoms with Crippen molar-refractivity contribution in [2.45, 2.75) is 19.4 Å². The molecular weight excluding hydrogens is 216 g/mol. The molecule has 0 bridgehead atoms.